The van der Waals surface area contributed by atoms with Gasteiger partial charge in [-0.25, -0.2) is 0 Å². The summed E-state index contributed by atoms with van der Waals surface area (Å²) in [7, 11) is 0. The number of nitrogens with one attached hydrogen (secondary N) is 2. The van der Waals surface area contributed by atoms with Gasteiger partial charge in [-0.1, -0.05) is 48.2 Å². The van der Waals surface area contributed by atoms with E-state index in [2.05, 4.69) is 24.5 Å². The molecule has 0 spiro atoms. The second-order valence-corrected chi connectivity index (χ2v) is 9.44. The van der Waals surface area contributed by atoms with Crippen LogP contribution in [0, 0.1) is 11.8 Å². The Bertz CT molecular complexity index is 812. The first kappa shape index (κ1) is 22.0. The second-order valence-electron chi connectivity index (χ2n) is 8.60. The number of hydrogen-bond donors (Lipinski definition) is 2. The van der Waals surface area contributed by atoms with Crippen LogP contribution in [-0.4, -0.2) is 18.0 Å². The van der Waals surface area contributed by atoms with Gasteiger partial charge < -0.3 is 10.6 Å². The van der Waals surface area contributed by atoms with Crippen LogP contribution in [0.3, 0.4) is 0 Å². The molecule has 1 amide bonds. The van der Waals surface area contributed by atoms with Gasteiger partial charge in [-0.3, -0.25) is 4.79 Å². The standard InChI is InChI=1S/C24H30Cl2N2O/c1-24(2,28-20-13-11-19(25)12-14-20)18-9-7-17(8-10-18)15-16-27-23(29)21-5-3-4-6-22(21)26/h3-6,11-14,17-18,28H,7-10,15-16H2,1-2H3,(H,27,29). The van der Waals surface area contributed by atoms with Gasteiger partial charge >= 0.3 is 0 Å². The highest BCUT2D eigenvalue weighted by molar-refractivity contribution is 6.33. The summed E-state index contributed by atoms with van der Waals surface area (Å²) in [5.74, 6) is 1.22. The summed E-state index contributed by atoms with van der Waals surface area (Å²) >= 11 is 12.1. The molecule has 2 aromatic carbocycles. The van der Waals surface area contributed by atoms with Crippen molar-refractivity contribution in [1.82, 2.24) is 5.32 Å². The fraction of sp³-hybridized carbons (Fsp3) is 0.458. The normalized spacial score (nSPS) is 19.6. The lowest BCUT2D eigenvalue weighted by molar-refractivity contribution is 0.0949. The third kappa shape index (κ3) is 6.13. The summed E-state index contributed by atoms with van der Waals surface area (Å²) in [5, 5.41) is 7.96. The molecule has 0 unspecified atom stereocenters. The van der Waals surface area contributed by atoms with Gasteiger partial charge in [0.25, 0.3) is 5.91 Å². The predicted molar refractivity (Wildman–Crippen MR) is 123 cm³/mol. The molecule has 1 aliphatic carbocycles. The number of benzene rings is 2. The molecular weight excluding hydrogens is 403 g/mol. The lowest BCUT2D eigenvalue weighted by atomic mass is 9.72. The highest BCUT2D eigenvalue weighted by Gasteiger charge is 2.33. The fourth-order valence-corrected chi connectivity index (χ4v) is 4.66. The Morgan fingerprint density at radius 2 is 1.66 bits per heavy atom. The summed E-state index contributed by atoms with van der Waals surface area (Å²) in [5.41, 5.74) is 1.70. The van der Waals surface area contributed by atoms with E-state index in [9.17, 15) is 4.79 Å². The minimum atomic E-state index is -0.0856. The predicted octanol–water partition coefficient (Wildman–Crippen LogP) is 6.81. The second kappa shape index (κ2) is 9.86. The maximum Gasteiger partial charge on any atom is 0.252 e. The number of rotatable bonds is 7. The van der Waals surface area contributed by atoms with Crippen molar-refractivity contribution in [2.45, 2.75) is 51.5 Å². The number of carbonyl (C=O) groups excluding carboxylic acids is 1. The molecule has 3 nitrogen and oxygen atoms in total. The summed E-state index contributed by atoms with van der Waals surface area (Å²) in [4.78, 5) is 12.3. The first-order valence-corrected chi connectivity index (χ1v) is 11.2. The minimum absolute atomic E-state index is 0.0388. The average molecular weight is 433 g/mol. The zero-order valence-corrected chi connectivity index (χ0v) is 18.7. The summed E-state index contributed by atoms with van der Waals surface area (Å²) in [6.45, 7) is 5.28. The first-order chi connectivity index (χ1) is 13.8. The van der Waals surface area contributed by atoms with E-state index in [1.54, 1.807) is 12.1 Å². The number of hydrogen-bond acceptors (Lipinski definition) is 2. The molecule has 2 aromatic rings. The molecule has 1 saturated carbocycles. The molecular formula is C24H30Cl2N2O. The van der Waals surface area contributed by atoms with Crippen LogP contribution in [0.5, 0.6) is 0 Å². The van der Waals surface area contributed by atoms with Crippen molar-refractivity contribution in [1.29, 1.82) is 0 Å². The molecule has 0 aromatic heterocycles. The Morgan fingerprint density at radius 3 is 2.31 bits per heavy atom. The molecule has 2 N–H and O–H groups in total. The monoisotopic (exact) mass is 432 g/mol. The number of amides is 1. The third-order valence-corrected chi connectivity index (χ3v) is 6.72. The summed E-state index contributed by atoms with van der Waals surface area (Å²) in [6.07, 6.45) is 5.85. The van der Waals surface area contributed by atoms with Crippen molar-refractivity contribution in [3.8, 4) is 0 Å². The van der Waals surface area contributed by atoms with Crippen molar-refractivity contribution >= 4 is 34.8 Å². The zero-order chi connectivity index (χ0) is 20.9. The molecule has 1 fully saturated rings. The first-order valence-electron chi connectivity index (χ1n) is 10.4. The van der Waals surface area contributed by atoms with Crippen LogP contribution in [0.4, 0.5) is 5.69 Å². The molecule has 0 saturated heterocycles. The summed E-state index contributed by atoms with van der Waals surface area (Å²) < 4.78 is 0. The van der Waals surface area contributed by atoms with Crippen LogP contribution >= 0.6 is 23.2 Å². The molecule has 3 rings (SSSR count). The van der Waals surface area contributed by atoms with Crippen LogP contribution < -0.4 is 10.6 Å². The highest BCUT2D eigenvalue weighted by atomic mass is 35.5. The number of carbonyl (C=O) groups is 1. The van der Waals surface area contributed by atoms with E-state index in [-0.39, 0.29) is 11.4 Å². The molecule has 1 aliphatic rings. The van der Waals surface area contributed by atoms with E-state index in [0.717, 1.165) is 17.1 Å². The fourth-order valence-electron chi connectivity index (χ4n) is 4.31. The quantitative estimate of drug-likeness (QED) is 0.504. The van der Waals surface area contributed by atoms with E-state index in [1.807, 2.05) is 36.4 Å². The molecule has 0 aliphatic heterocycles. The molecule has 156 valence electrons. The van der Waals surface area contributed by atoms with Gasteiger partial charge in [0.15, 0.2) is 0 Å². The van der Waals surface area contributed by atoms with Crippen LogP contribution in [0.15, 0.2) is 48.5 Å². The van der Waals surface area contributed by atoms with Crippen LogP contribution in [0.2, 0.25) is 10.0 Å². The molecule has 0 bridgehead atoms. The number of halogens is 2. The molecule has 0 radical (unpaired) electrons. The van der Waals surface area contributed by atoms with E-state index < -0.39 is 0 Å². The Balaban J connectivity index is 1.42. The van der Waals surface area contributed by atoms with Gasteiger partial charge in [0.2, 0.25) is 0 Å². The lowest BCUT2D eigenvalue weighted by Crippen LogP contribution is -2.41. The SMILES string of the molecule is CC(C)(Nc1ccc(Cl)cc1)C1CCC(CCNC(=O)c2ccccc2Cl)CC1. The van der Waals surface area contributed by atoms with Crippen molar-refractivity contribution in [2.24, 2.45) is 11.8 Å². The van der Waals surface area contributed by atoms with E-state index >= 15 is 0 Å². The van der Waals surface area contributed by atoms with Crippen LogP contribution in [-0.2, 0) is 0 Å². The lowest BCUT2D eigenvalue weighted by Gasteiger charge is -2.40. The third-order valence-electron chi connectivity index (χ3n) is 6.13. The Hall–Kier alpha value is -1.71. The van der Waals surface area contributed by atoms with Gasteiger partial charge in [0, 0.05) is 22.8 Å². The molecule has 29 heavy (non-hydrogen) atoms. The van der Waals surface area contributed by atoms with E-state index in [0.29, 0.717) is 29.0 Å². The maximum absolute atomic E-state index is 12.3. The smallest absolute Gasteiger partial charge is 0.252 e. The van der Waals surface area contributed by atoms with Crippen LogP contribution in [0.1, 0.15) is 56.3 Å². The topological polar surface area (TPSA) is 41.1 Å². The zero-order valence-electron chi connectivity index (χ0n) is 17.2. The molecule has 0 heterocycles. The van der Waals surface area contributed by atoms with E-state index in [4.69, 9.17) is 23.2 Å². The van der Waals surface area contributed by atoms with Gasteiger partial charge in [-0.15, -0.1) is 0 Å². The van der Waals surface area contributed by atoms with Gasteiger partial charge in [0.05, 0.1) is 10.6 Å². The maximum atomic E-state index is 12.3. The van der Waals surface area contributed by atoms with Crippen molar-refractivity contribution in [3.63, 3.8) is 0 Å². The Labute approximate surface area is 184 Å². The molecule has 5 heteroatoms. The number of anilines is 1. The Kier molecular flexibility index (Phi) is 7.48. The average Bonchev–Trinajstić information content (AvgIpc) is 2.70. The Morgan fingerprint density at radius 1 is 1.00 bits per heavy atom. The molecule has 0 atom stereocenters. The highest BCUT2D eigenvalue weighted by Crippen LogP contribution is 2.38. The largest absolute Gasteiger partial charge is 0.380 e. The van der Waals surface area contributed by atoms with Gasteiger partial charge in [-0.05, 0) is 81.3 Å². The van der Waals surface area contributed by atoms with E-state index in [1.165, 1.54) is 25.7 Å². The van der Waals surface area contributed by atoms with Crippen molar-refractivity contribution < 1.29 is 4.79 Å². The van der Waals surface area contributed by atoms with Crippen molar-refractivity contribution in [3.05, 3.63) is 64.1 Å². The van der Waals surface area contributed by atoms with Crippen LogP contribution in [0.25, 0.3) is 0 Å². The van der Waals surface area contributed by atoms with Crippen molar-refractivity contribution in [2.75, 3.05) is 11.9 Å². The summed E-state index contributed by atoms with van der Waals surface area (Å²) in [6, 6.07) is 15.1. The minimum Gasteiger partial charge on any atom is -0.380 e. The van der Waals surface area contributed by atoms with Gasteiger partial charge in [-0.2, -0.15) is 0 Å². The van der Waals surface area contributed by atoms with Gasteiger partial charge in [0.1, 0.15) is 0 Å².